The number of hydrogen-bond donors (Lipinski definition) is 2. The van der Waals surface area contributed by atoms with Gasteiger partial charge in [0.15, 0.2) is 0 Å². The molecular weight excluding hydrogens is 241 g/mol. The number of H-pyrrole nitrogens is 1. The van der Waals surface area contributed by atoms with Crippen molar-refractivity contribution < 1.29 is 4.39 Å². The van der Waals surface area contributed by atoms with Gasteiger partial charge in [-0.3, -0.25) is 0 Å². The number of benzene rings is 1. The van der Waals surface area contributed by atoms with Crippen LogP contribution in [0.2, 0.25) is 0 Å². The van der Waals surface area contributed by atoms with E-state index in [1.54, 1.807) is 12.1 Å². The summed E-state index contributed by atoms with van der Waals surface area (Å²) in [5.74, 6) is 0.689. The standard InChI is InChI=1S/C15H20FN3/c1-10-14(11-4-6-12(16)7-5-11)19-13(18-10)8-15(2,3)9-17/h4-7H,8-9,17H2,1-3H3,(H,18,19). The van der Waals surface area contributed by atoms with E-state index < -0.39 is 0 Å². The molecule has 0 aliphatic heterocycles. The Hall–Kier alpha value is -1.68. The molecule has 2 rings (SSSR count). The highest BCUT2D eigenvalue weighted by molar-refractivity contribution is 5.61. The average molecular weight is 261 g/mol. The molecule has 19 heavy (non-hydrogen) atoms. The Balaban J connectivity index is 2.29. The third-order valence-electron chi connectivity index (χ3n) is 3.25. The summed E-state index contributed by atoms with van der Waals surface area (Å²) < 4.78 is 12.9. The van der Waals surface area contributed by atoms with Crippen LogP contribution in [0.1, 0.15) is 25.4 Å². The van der Waals surface area contributed by atoms with Crippen molar-refractivity contribution in [3.63, 3.8) is 0 Å². The quantitative estimate of drug-likeness (QED) is 0.888. The molecule has 0 radical (unpaired) electrons. The van der Waals surface area contributed by atoms with E-state index >= 15 is 0 Å². The van der Waals surface area contributed by atoms with Gasteiger partial charge < -0.3 is 10.7 Å². The van der Waals surface area contributed by atoms with Crippen molar-refractivity contribution in [1.29, 1.82) is 0 Å². The van der Waals surface area contributed by atoms with Crippen molar-refractivity contribution in [3.8, 4) is 11.3 Å². The second-order valence-corrected chi connectivity index (χ2v) is 5.71. The third-order valence-corrected chi connectivity index (χ3v) is 3.25. The molecule has 0 spiro atoms. The number of nitrogens with two attached hydrogens (primary N) is 1. The molecule has 0 saturated carbocycles. The van der Waals surface area contributed by atoms with Crippen molar-refractivity contribution in [1.82, 2.24) is 9.97 Å². The minimum absolute atomic E-state index is 0.0182. The zero-order chi connectivity index (χ0) is 14.0. The van der Waals surface area contributed by atoms with Crippen molar-refractivity contribution in [2.24, 2.45) is 11.1 Å². The van der Waals surface area contributed by atoms with Crippen LogP contribution in [0.4, 0.5) is 4.39 Å². The van der Waals surface area contributed by atoms with E-state index in [0.29, 0.717) is 6.54 Å². The molecule has 1 aromatic carbocycles. The highest BCUT2D eigenvalue weighted by Gasteiger charge is 2.19. The number of halogens is 1. The predicted octanol–water partition coefficient (Wildman–Crippen LogP) is 3.05. The Morgan fingerprint density at radius 2 is 1.89 bits per heavy atom. The second-order valence-electron chi connectivity index (χ2n) is 5.71. The lowest BCUT2D eigenvalue weighted by atomic mass is 9.89. The van der Waals surface area contributed by atoms with E-state index in [1.807, 2.05) is 6.92 Å². The van der Waals surface area contributed by atoms with Gasteiger partial charge in [0.25, 0.3) is 0 Å². The molecule has 0 unspecified atom stereocenters. The Morgan fingerprint density at radius 3 is 2.47 bits per heavy atom. The monoisotopic (exact) mass is 261 g/mol. The summed E-state index contributed by atoms with van der Waals surface area (Å²) in [6.45, 7) is 6.81. The Morgan fingerprint density at radius 1 is 1.26 bits per heavy atom. The van der Waals surface area contributed by atoms with Crippen LogP contribution in [0, 0.1) is 18.2 Å². The molecule has 4 heteroatoms. The maximum absolute atomic E-state index is 12.9. The zero-order valence-corrected chi connectivity index (χ0v) is 11.6. The zero-order valence-electron chi connectivity index (χ0n) is 11.6. The fourth-order valence-electron chi connectivity index (χ4n) is 2.02. The largest absolute Gasteiger partial charge is 0.346 e. The first-order valence-electron chi connectivity index (χ1n) is 6.43. The SMILES string of the molecule is Cc1[nH]c(CC(C)(C)CN)nc1-c1ccc(F)cc1. The molecule has 1 heterocycles. The Kier molecular flexibility index (Phi) is 3.71. The molecule has 0 aliphatic rings. The molecule has 0 aliphatic carbocycles. The van der Waals surface area contributed by atoms with Gasteiger partial charge in [-0.1, -0.05) is 13.8 Å². The number of hydrogen-bond acceptors (Lipinski definition) is 2. The van der Waals surface area contributed by atoms with Crippen LogP contribution >= 0.6 is 0 Å². The van der Waals surface area contributed by atoms with E-state index in [4.69, 9.17) is 5.73 Å². The summed E-state index contributed by atoms with van der Waals surface area (Å²) in [4.78, 5) is 7.90. The summed E-state index contributed by atoms with van der Waals surface area (Å²) >= 11 is 0. The van der Waals surface area contributed by atoms with E-state index in [-0.39, 0.29) is 11.2 Å². The molecule has 0 saturated heterocycles. The normalized spacial score (nSPS) is 11.8. The molecule has 3 N–H and O–H groups in total. The number of nitrogens with zero attached hydrogens (tertiary/aromatic N) is 1. The van der Waals surface area contributed by atoms with Gasteiger partial charge in [-0.2, -0.15) is 0 Å². The highest BCUT2D eigenvalue weighted by Crippen LogP contribution is 2.24. The second kappa shape index (κ2) is 5.13. The van der Waals surface area contributed by atoms with Crippen molar-refractivity contribution in [2.45, 2.75) is 27.2 Å². The highest BCUT2D eigenvalue weighted by atomic mass is 19.1. The molecule has 2 aromatic rings. The summed E-state index contributed by atoms with van der Waals surface area (Å²) in [6.07, 6.45) is 0.797. The van der Waals surface area contributed by atoms with Crippen molar-refractivity contribution in [3.05, 3.63) is 41.6 Å². The first kappa shape index (κ1) is 13.7. The molecule has 3 nitrogen and oxygen atoms in total. The molecule has 0 amide bonds. The van der Waals surface area contributed by atoms with Crippen LogP contribution in [0.15, 0.2) is 24.3 Å². The van der Waals surface area contributed by atoms with Gasteiger partial charge >= 0.3 is 0 Å². The first-order chi connectivity index (χ1) is 8.91. The summed E-state index contributed by atoms with van der Waals surface area (Å²) in [5, 5.41) is 0. The number of imidazole rings is 1. The van der Waals surface area contributed by atoms with Gasteiger partial charge in [-0.05, 0) is 43.1 Å². The van der Waals surface area contributed by atoms with E-state index in [0.717, 1.165) is 29.2 Å². The Labute approximate surface area is 113 Å². The van der Waals surface area contributed by atoms with Gasteiger partial charge in [0, 0.05) is 17.7 Å². The smallest absolute Gasteiger partial charge is 0.123 e. The number of aromatic nitrogens is 2. The lowest BCUT2D eigenvalue weighted by Gasteiger charge is -2.20. The third kappa shape index (κ3) is 3.20. The van der Waals surface area contributed by atoms with Crippen LogP contribution in [0.5, 0.6) is 0 Å². The maximum atomic E-state index is 12.9. The average Bonchev–Trinajstić information content (AvgIpc) is 2.70. The van der Waals surface area contributed by atoms with Gasteiger partial charge in [0.2, 0.25) is 0 Å². The summed E-state index contributed by atoms with van der Waals surface area (Å²) in [7, 11) is 0. The fourth-order valence-corrected chi connectivity index (χ4v) is 2.02. The van der Waals surface area contributed by atoms with Crippen molar-refractivity contribution in [2.75, 3.05) is 6.54 Å². The molecule has 102 valence electrons. The number of rotatable bonds is 4. The number of aromatic amines is 1. The lowest BCUT2D eigenvalue weighted by molar-refractivity contribution is 0.369. The maximum Gasteiger partial charge on any atom is 0.123 e. The van der Waals surface area contributed by atoms with Crippen LogP contribution in [0.25, 0.3) is 11.3 Å². The van der Waals surface area contributed by atoms with Crippen molar-refractivity contribution >= 4 is 0 Å². The van der Waals surface area contributed by atoms with Crippen LogP contribution in [-0.2, 0) is 6.42 Å². The number of aryl methyl sites for hydroxylation is 1. The first-order valence-corrected chi connectivity index (χ1v) is 6.43. The summed E-state index contributed by atoms with van der Waals surface area (Å²) in [6, 6.07) is 6.40. The molecule has 1 aromatic heterocycles. The van der Waals surface area contributed by atoms with Gasteiger partial charge in [-0.15, -0.1) is 0 Å². The number of nitrogens with one attached hydrogen (secondary N) is 1. The minimum atomic E-state index is -0.235. The van der Waals surface area contributed by atoms with Crippen LogP contribution in [-0.4, -0.2) is 16.5 Å². The van der Waals surface area contributed by atoms with Gasteiger partial charge in [0.05, 0.1) is 5.69 Å². The molecular formula is C15H20FN3. The van der Waals surface area contributed by atoms with E-state index in [9.17, 15) is 4.39 Å². The molecule has 0 bridgehead atoms. The van der Waals surface area contributed by atoms with E-state index in [2.05, 4.69) is 23.8 Å². The minimum Gasteiger partial charge on any atom is -0.346 e. The Bertz CT molecular complexity index is 555. The lowest BCUT2D eigenvalue weighted by Crippen LogP contribution is -2.26. The predicted molar refractivity (Wildman–Crippen MR) is 75.3 cm³/mol. The van der Waals surface area contributed by atoms with Gasteiger partial charge in [-0.25, -0.2) is 9.37 Å². The van der Waals surface area contributed by atoms with Gasteiger partial charge in [0.1, 0.15) is 11.6 Å². The van der Waals surface area contributed by atoms with Crippen LogP contribution in [0.3, 0.4) is 0 Å². The van der Waals surface area contributed by atoms with E-state index in [1.165, 1.54) is 12.1 Å². The summed E-state index contributed by atoms with van der Waals surface area (Å²) in [5.41, 5.74) is 8.56. The van der Waals surface area contributed by atoms with Crippen LogP contribution < -0.4 is 5.73 Å². The molecule has 0 fully saturated rings. The topological polar surface area (TPSA) is 54.7 Å². The molecule has 0 atom stereocenters. The fraction of sp³-hybridized carbons (Fsp3) is 0.400.